The van der Waals surface area contributed by atoms with Crippen LogP contribution in [0.1, 0.15) is 5.56 Å². The fourth-order valence-corrected chi connectivity index (χ4v) is 3.17. The number of thioether (sulfide) groups is 1. The number of halogens is 3. The van der Waals surface area contributed by atoms with E-state index in [1.807, 2.05) is 4.98 Å². The molecular weight excluding hydrogens is 509 g/mol. The number of primary amides is 2. The maximum Gasteiger partial charge on any atom is 0.446 e. The highest BCUT2D eigenvalue weighted by molar-refractivity contribution is 8.00. The Morgan fingerprint density at radius 2 is 1.58 bits per heavy atom. The number of carbonyl (C=O) groups is 2. The molecule has 192 valence electrons. The molecule has 4 amide bonds. The number of imide groups is 1. The Morgan fingerprint density at radius 3 is 2.06 bits per heavy atom. The SMILES string of the molecule is Cc1cc(-n2c(=O)[nH]c(=O)n(C)c2=O)ccc1Oc1ccc(SC(F)(F)F)cc1.NC(=O)NC(N)=O. The summed E-state index contributed by atoms with van der Waals surface area (Å²) < 4.78 is 44.4. The second-order valence-corrected chi connectivity index (χ2v) is 7.98. The third kappa shape index (κ3) is 7.79. The standard InChI is InChI=1S/C18H14F3N3O4S.C2H5N3O2/c1-10-9-11(24-16(26)22-15(25)23(2)17(24)27)3-8-14(10)28-12-4-6-13(7-5-12)29-18(19,20)21;3-1(6)5-2(4)7/h3-9H,1-2H3,(H,22,25,26);(H5,3,4,5,6,7). The van der Waals surface area contributed by atoms with Gasteiger partial charge in [0.05, 0.1) is 5.69 Å². The molecule has 1 aromatic heterocycles. The first kappa shape index (κ1) is 27.8. The number of aryl methyl sites for hydroxylation is 1. The van der Waals surface area contributed by atoms with Crippen LogP contribution in [0.25, 0.3) is 5.69 Å². The van der Waals surface area contributed by atoms with Crippen LogP contribution in [0.2, 0.25) is 0 Å². The van der Waals surface area contributed by atoms with Crippen molar-refractivity contribution in [3.63, 3.8) is 0 Å². The summed E-state index contributed by atoms with van der Waals surface area (Å²) >= 11 is -0.221. The molecule has 3 rings (SSSR count). The number of urea groups is 2. The van der Waals surface area contributed by atoms with Gasteiger partial charge in [-0.3, -0.25) is 10.3 Å². The number of rotatable bonds is 4. The van der Waals surface area contributed by atoms with Gasteiger partial charge < -0.3 is 16.2 Å². The van der Waals surface area contributed by atoms with Gasteiger partial charge in [-0.15, -0.1) is 0 Å². The van der Waals surface area contributed by atoms with Gasteiger partial charge in [0.1, 0.15) is 11.5 Å². The highest BCUT2D eigenvalue weighted by Crippen LogP contribution is 2.37. The molecule has 0 spiro atoms. The molecule has 1 heterocycles. The molecule has 6 N–H and O–H groups in total. The summed E-state index contributed by atoms with van der Waals surface area (Å²) in [6.07, 6.45) is 0. The first-order valence-electron chi connectivity index (χ1n) is 9.61. The van der Waals surface area contributed by atoms with Gasteiger partial charge in [0, 0.05) is 11.9 Å². The lowest BCUT2D eigenvalue weighted by atomic mass is 10.2. The average Bonchev–Trinajstić information content (AvgIpc) is 2.74. The molecule has 0 saturated heterocycles. The van der Waals surface area contributed by atoms with Crippen molar-refractivity contribution in [3.05, 3.63) is 79.5 Å². The number of aromatic nitrogens is 3. The second kappa shape index (κ2) is 11.3. The molecule has 0 aliphatic rings. The molecule has 0 fully saturated rings. The Morgan fingerprint density at radius 1 is 1.00 bits per heavy atom. The molecule has 3 aromatic rings. The van der Waals surface area contributed by atoms with Crippen molar-refractivity contribution < 1.29 is 27.5 Å². The van der Waals surface area contributed by atoms with Crippen molar-refractivity contribution in [2.45, 2.75) is 17.3 Å². The summed E-state index contributed by atoms with van der Waals surface area (Å²) in [4.78, 5) is 57.0. The van der Waals surface area contributed by atoms with Crippen molar-refractivity contribution in [3.8, 4) is 17.2 Å². The zero-order chi connectivity index (χ0) is 27.2. The summed E-state index contributed by atoms with van der Waals surface area (Å²) in [6.45, 7) is 1.67. The van der Waals surface area contributed by atoms with E-state index in [9.17, 15) is 37.1 Å². The van der Waals surface area contributed by atoms with E-state index >= 15 is 0 Å². The summed E-state index contributed by atoms with van der Waals surface area (Å²) in [5, 5.41) is 1.58. The van der Waals surface area contributed by atoms with Gasteiger partial charge in [-0.1, -0.05) is 0 Å². The molecule has 0 bridgehead atoms. The van der Waals surface area contributed by atoms with Gasteiger partial charge in [0.2, 0.25) is 0 Å². The lowest BCUT2D eigenvalue weighted by Gasteiger charge is -2.12. The Kier molecular flexibility index (Phi) is 8.72. The summed E-state index contributed by atoms with van der Waals surface area (Å²) in [7, 11) is 1.24. The van der Waals surface area contributed by atoms with Crippen LogP contribution in [-0.4, -0.2) is 31.7 Å². The number of hydrogen-bond donors (Lipinski definition) is 4. The lowest BCUT2D eigenvalue weighted by molar-refractivity contribution is -0.0328. The van der Waals surface area contributed by atoms with Crippen LogP contribution in [-0.2, 0) is 7.05 Å². The lowest BCUT2D eigenvalue weighted by Crippen LogP contribution is -2.47. The molecule has 0 unspecified atom stereocenters. The molecule has 12 nitrogen and oxygen atoms in total. The molecule has 16 heteroatoms. The number of hydrogen-bond acceptors (Lipinski definition) is 7. The number of alkyl halides is 3. The van der Waals surface area contributed by atoms with Crippen molar-refractivity contribution in [2.24, 2.45) is 18.5 Å². The smallest absolute Gasteiger partial charge is 0.446 e. The zero-order valence-corrected chi connectivity index (χ0v) is 19.4. The predicted octanol–water partition coefficient (Wildman–Crippen LogP) is 1.67. The average molecular weight is 528 g/mol. The first-order valence-corrected chi connectivity index (χ1v) is 10.4. The van der Waals surface area contributed by atoms with Gasteiger partial charge in [-0.05, 0) is 66.7 Å². The van der Waals surface area contributed by atoms with Gasteiger partial charge >= 0.3 is 34.6 Å². The topological polar surface area (TPSA) is 184 Å². The fourth-order valence-electron chi connectivity index (χ4n) is 2.63. The molecule has 0 aliphatic heterocycles. The van der Waals surface area contributed by atoms with Crippen LogP contribution < -0.4 is 38.6 Å². The molecule has 0 aliphatic carbocycles. The number of nitrogens with one attached hydrogen (secondary N) is 2. The molecule has 0 radical (unpaired) electrons. The fraction of sp³-hybridized carbons (Fsp3) is 0.150. The van der Waals surface area contributed by atoms with E-state index in [-0.39, 0.29) is 22.3 Å². The van der Waals surface area contributed by atoms with Gasteiger partial charge in [0.15, 0.2) is 0 Å². The number of H-pyrrole nitrogens is 1. The van der Waals surface area contributed by atoms with Crippen LogP contribution in [0.4, 0.5) is 22.8 Å². The summed E-state index contributed by atoms with van der Waals surface area (Å²) in [6, 6.07) is 8.01. The Hall–Kier alpha value is -4.47. The monoisotopic (exact) mass is 528 g/mol. The highest BCUT2D eigenvalue weighted by atomic mass is 32.2. The van der Waals surface area contributed by atoms with Gasteiger partial charge in [-0.2, -0.15) is 13.2 Å². The normalized spacial score (nSPS) is 10.7. The van der Waals surface area contributed by atoms with E-state index in [4.69, 9.17) is 4.74 Å². The van der Waals surface area contributed by atoms with Crippen LogP contribution in [0.15, 0.2) is 61.7 Å². The number of aromatic amines is 1. The minimum atomic E-state index is -4.37. The maximum absolute atomic E-state index is 12.4. The summed E-state index contributed by atoms with van der Waals surface area (Å²) in [5.74, 6) is 0.712. The predicted molar refractivity (Wildman–Crippen MR) is 123 cm³/mol. The number of nitrogens with two attached hydrogens (primary N) is 2. The van der Waals surface area contributed by atoms with Crippen LogP contribution in [0.5, 0.6) is 11.5 Å². The van der Waals surface area contributed by atoms with Gasteiger partial charge in [-0.25, -0.2) is 33.1 Å². The van der Waals surface area contributed by atoms with Crippen molar-refractivity contribution in [1.82, 2.24) is 19.4 Å². The summed E-state index contributed by atoms with van der Waals surface area (Å²) in [5.41, 5.74) is 2.82. The number of nitrogens with zero attached hydrogens (tertiary/aromatic N) is 2. The zero-order valence-electron chi connectivity index (χ0n) is 18.6. The number of carbonyl (C=O) groups excluding carboxylic acids is 2. The quantitative estimate of drug-likeness (QED) is 0.371. The second-order valence-electron chi connectivity index (χ2n) is 6.84. The van der Waals surface area contributed by atoms with Crippen molar-refractivity contribution in [2.75, 3.05) is 0 Å². The van der Waals surface area contributed by atoms with Crippen LogP contribution in [0.3, 0.4) is 0 Å². The Labute approximate surface area is 203 Å². The van der Waals surface area contributed by atoms with Crippen molar-refractivity contribution in [1.29, 1.82) is 0 Å². The molecule has 0 saturated carbocycles. The molecular formula is C20H19F3N6O6S. The molecule has 36 heavy (non-hydrogen) atoms. The third-order valence-electron chi connectivity index (χ3n) is 4.15. The van der Waals surface area contributed by atoms with E-state index in [0.717, 1.165) is 9.13 Å². The van der Waals surface area contributed by atoms with E-state index in [1.54, 1.807) is 12.2 Å². The number of ether oxygens (including phenoxy) is 1. The first-order chi connectivity index (χ1) is 16.7. The molecule has 2 aromatic carbocycles. The maximum atomic E-state index is 12.4. The Bertz CT molecular complexity index is 1430. The van der Waals surface area contributed by atoms with Gasteiger partial charge in [0.25, 0.3) is 0 Å². The minimum absolute atomic E-state index is 0.0326. The van der Waals surface area contributed by atoms with E-state index in [2.05, 4.69) is 11.5 Å². The van der Waals surface area contributed by atoms with Crippen LogP contribution >= 0.6 is 11.8 Å². The third-order valence-corrected chi connectivity index (χ3v) is 4.89. The van der Waals surface area contributed by atoms with E-state index in [0.29, 0.717) is 17.1 Å². The molecule has 0 atom stereocenters. The number of benzene rings is 2. The highest BCUT2D eigenvalue weighted by Gasteiger charge is 2.29. The number of amides is 4. The largest absolute Gasteiger partial charge is 0.457 e. The van der Waals surface area contributed by atoms with Crippen LogP contribution in [0, 0.1) is 6.92 Å². The van der Waals surface area contributed by atoms with E-state index < -0.39 is 34.6 Å². The van der Waals surface area contributed by atoms with E-state index in [1.165, 1.54) is 49.5 Å². The Balaban J connectivity index is 0.000000572. The van der Waals surface area contributed by atoms with Crippen molar-refractivity contribution >= 4 is 23.8 Å². The minimum Gasteiger partial charge on any atom is -0.457 e.